The lowest BCUT2D eigenvalue weighted by Gasteiger charge is -2.24. The molecule has 1 aromatic carbocycles. The molecule has 2 aliphatic heterocycles. The second-order valence-corrected chi connectivity index (χ2v) is 6.93. The van der Waals surface area contributed by atoms with Gasteiger partial charge in [0.1, 0.15) is 0 Å². The maximum atomic E-state index is 5.91. The van der Waals surface area contributed by atoms with E-state index in [4.69, 9.17) is 4.74 Å². The van der Waals surface area contributed by atoms with E-state index in [9.17, 15) is 0 Å². The molecule has 3 fully saturated rings. The summed E-state index contributed by atoms with van der Waals surface area (Å²) in [5, 5.41) is 7.10. The highest BCUT2D eigenvalue weighted by atomic mass is 127. The molecule has 126 valence electrons. The molecule has 5 heteroatoms. The first-order valence-electron chi connectivity index (χ1n) is 8.47. The van der Waals surface area contributed by atoms with Crippen LogP contribution in [0.15, 0.2) is 35.3 Å². The van der Waals surface area contributed by atoms with Gasteiger partial charge >= 0.3 is 0 Å². The number of benzene rings is 1. The number of fused-ring (bicyclic) bond motifs is 2. The minimum absolute atomic E-state index is 0. The van der Waals surface area contributed by atoms with E-state index in [2.05, 4.69) is 46.0 Å². The number of rotatable bonds is 4. The fraction of sp³-hybridized carbons (Fsp3) is 0.611. The molecule has 2 N–H and O–H groups in total. The molecule has 2 heterocycles. The van der Waals surface area contributed by atoms with Crippen LogP contribution in [-0.4, -0.2) is 37.8 Å². The number of hydrogen-bond donors (Lipinski definition) is 2. The largest absolute Gasteiger partial charge is 0.373 e. The Kier molecular flexibility index (Phi) is 5.16. The minimum atomic E-state index is 0. The molecule has 2 bridgehead atoms. The summed E-state index contributed by atoms with van der Waals surface area (Å²) in [4.78, 5) is 4.40. The molecule has 4 rings (SSSR count). The van der Waals surface area contributed by atoms with Gasteiger partial charge in [0.2, 0.25) is 0 Å². The Morgan fingerprint density at radius 3 is 2.61 bits per heavy atom. The van der Waals surface area contributed by atoms with Gasteiger partial charge in [-0.25, -0.2) is 0 Å². The summed E-state index contributed by atoms with van der Waals surface area (Å²) in [5.74, 6) is 0.920. The van der Waals surface area contributed by atoms with Crippen molar-refractivity contribution in [3.63, 3.8) is 0 Å². The van der Waals surface area contributed by atoms with Crippen LogP contribution in [-0.2, 0) is 10.2 Å². The zero-order valence-electron chi connectivity index (χ0n) is 13.6. The van der Waals surface area contributed by atoms with E-state index in [0.717, 1.165) is 18.9 Å². The van der Waals surface area contributed by atoms with E-state index in [1.165, 1.54) is 31.2 Å². The van der Waals surface area contributed by atoms with E-state index in [1.54, 1.807) is 0 Å². The molecule has 3 unspecified atom stereocenters. The third-order valence-electron chi connectivity index (χ3n) is 5.49. The fourth-order valence-electron chi connectivity index (χ4n) is 3.92. The summed E-state index contributed by atoms with van der Waals surface area (Å²) < 4.78 is 5.91. The van der Waals surface area contributed by atoms with Gasteiger partial charge in [0.25, 0.3) is 0 Å². The lowest BCUT2D eigenvalue weighted by atomic mass is 9.95. The third-order valence-corrected chi connectivity index (χ3v) is 5.49. The van der Waals surface area contributed by atoms with E-state index in [-0.39, 0.29) is 24.0 Å². The van der Waals surface area contributed by atoms with Gasteiger partial charge in [-0.1, -0.05) is 30.3 Å². The molecule has 1 aliphatic carbocycles. The topological polar surface area (TPSA) is 45.7 Å². The normalized spacial score (nSPS) is 30.7. The molecule has 23 heavy (non-hydrogen) atoms. The van der Waals surface area contributed by atoms with Crippen molar-refractivity contribution in [2.45, 2.75) is 55.8 Å². The molecule has 1 saturated carbocycles. The average Bonchev–Trinajstić information content (AvgIpc) is 3.07. The van der Waals surface area contributed by atoms with Crippen molar-refractivity contribution in [2.75, 3.05) is 13.6 Å². The lowest BCUT2D eigenvalue weighted by molar-refractivity contribution is 0.0992. The van der Waals surface area contributed by atoms with Gasteiger partial charge < -0.3 is 15.4 Å². The number of nitrogens with one attached hydrogen (secondary N) is 2. The Hall–Kier alpha value is -0.820. The van der Waals surface area contributed by atoms with Gasteiger partial charge in [0.15, 0.2) is 5.96 Å². The first kappa shape index (κ1) is 17.0. The van der Waals surface area contributed by atoms with Crippen LogP contribution in [0.5, 0.6) is 0 Å². The molecule has 0 spiro atoms. The zero-order chi connectivity index (χ0) is 15.0. The molecule has 0 amide bonds. The zero-order valence-corrected chi connectivity index (χ0v) is 16.0. The lowest BCUT2D eigenvalue weighted by Crippen LogP contribution is -2.49. The predicted octanol–water partition coefficient (Wildman–Crippen LogP) is 2.82. The Labute approximate surface area is 155 Å². The molecule has 2 saturated heterocycles. The standard InChI is InChI=1S/C18H25N3O.HI/c1-19-17(21-15-11-14-7-8-16(15)22-14)20-12-18(9-10-18)13-5-3-2-4-6-13;/h2-6,14-16H,7-12H2,1H3,(H2,19,20,21);1H. The Bertz CT molecular complexity index is 559. The van der Waals surface area contributed by atoms with E-state index in [1.807, 2.05) is 7.05 Å². The molecule has 1 aromatic rings. The number of ether oxygens (including phenoxy) is 1. The van der Waals surface area contributed by atoms with E-state index in [0.29, 0.717) is 23.7 Å². The monoisotopic (exact) mass is 427 g/mol. The van der Waals surface area contributed by atoms with Crippen molar-refractivity contribution < 1.29 is 4.74 Å². The molecule has 3 aliphatic rings. The molecular weight excluding hydrogens is 401 g/mol. The van der Waals surface area contributed by atoms with Crippen molar-refractivity contribution >= 4 is 29.9 Å². The van der Waals surface area contributed by atoms with Crippen LogP contribution in [0.4, 0.5) is 0 Å². The molecule has 4 nitrogen and oxygen atoms in total. The first-order valence-corrected chi connectivity index (χ1v) is 8.47. The molecule has 3 atom stereocenters. The van der Waals surface area contributed by atoms with Gasteiger partial charge in [-0.15, -0.1) is 24.0 Å². The van der Waals surface area contributed by atoms with Crippen molar-refractivity contribution in [1.82, 2.24) is 10.6 Å². The fourth-order valence-corrected chi connectivity index (χ4v) is 3.92. The van der Waals surface area contributed by atoms with Crippen LogP contribution < -0.4 is 10.6 Å². The highest BCUT2D eigenvalue weighted by molar-refractivity contribution is 14.0. The summed E-state index contributed by atoms with van der Waals surface area (Å²) in [6.07, 6.45) is 6.91. The SMILES string of the molecule is CN=C(NCC1(c2ccccc2)CC1)NC1CC2CCC1O2.I. The van der Waals surface area contributed by atoms with Crippen LogP contribution in [0.1, 0.15) is 37.7 Å². The summed E-state index contributed by atoms with van der Waals surface area (Å²) in [6, 6.07) is 11.3. The summed E-state index contributed by atoms with van der Waals surface area (Å²) in [5.41, 5.74) is 1.76. The maximum Gasteiger partial charge on any atom is 0.191 e. The van der Waals surface area contributed by atoms with Gasteiger partial charge in [0, 0.05) is 19.0 Å². The van der Waals surface area contributed by atoms with Gasteiger partial charge in [0.05, 0.1) is 18.2 Å². The molecule has 0 radical (unpaired) electrons. The Morgan fingerprint density at radius 1 is 1.26 bits per heavy atom. The smallest absolute Gasteiger partial charge is 0.191 e. The second-order valence-electron chi connectivity index (χ2n) is 6.93. The summed E-state index contributed by atoms with van der Waals surface area (Å²) in [7, 11) is 1.85. The Balaban J connectivity index is 0.00000156. The van der Waals surface area contributed by atoms with Crippen LogP contribution in [0, 0.1) is 0 Å². The van der Waals surface area contributed by atoms with Crippen LogP contribution in [0.3, 0.4) is 0 Å². The molecular formula is C18H26IN3O. The predicted molar refractivity (Wildman–Crippen MR) is 104 cm³/mol. The Morgan fingerprint density at radius 2 is 2.04 bits per heavy atom. The number of hydrogen-bond acceptors (Lipinski definition) is 2. The van der Waals surface area contributed by atoms with Gasteiger partial charge in [-0.2, -0.15) is 0 Å². The number of halogens is 1. The van der Waals surface area contributed by atoms with Crippen LogP contribution in [0.2, 0.25) is 0 Å². The van der Waals surface area contributed by atoms with E-state index >= 15 is 0 Å². The number of nitrogens with zero attached hydrogens (tertiary/aromatic N) is 1. The van der Waals surface area contributed by atoms with E-state index < -0.39 is 0 Å². The molecule has 0 aromatic heterocycles. The number of aliphatic imine (C=N–C) groups is 1. The maximum absolute atomic E-state index is 5.91. The summed E-state index contributed by atoms with van der Waals surface area (Å²) >= 11 is 0. The highest BCUT2D eigenvalue weighted by Gasteiger charge is 2.44. The second kappa shape index (κ2) is 6.97. The highest BCUT2D eigenvalue weighted by Crippen LogP contribution is 2.47. The van der Waals surface area contributed by atoms with Gasteiger partial charge in [-0.05, 0) is 37.7 Å². The third kappa shape index (κ3) is 3.50. The number of guanidine groups is 1. The van der Waals surface area contributed by atoms with Crippen molar-refractivity contribution in [2.24, 2.45) is 4.99 Å². The summed E-state index contributed by atoms with van der Waals surface area (Å²) in [6.45, 7) is 0.957. The van der Waals surface area contributed by atoms with Crippen LogP contribution in [0.25, 0.3) is 0 Å². The van der Waals surface area contributed by atoms with Gasteiger partial charge in [-0.3, -0.25) is 4.99 Å². The van der Waals surface area contributed by atoms with Crippen molar-refractivity contribution in [3.05, 3.63) is 35.9 Å². The minimum Gasteiger partial charge on any atom is -0.373 e. The van der Waals surface area contributed by atoms with Crippen molar-refractivity contribution in [3.8, 4) is 0 Å². The first-order chi connectivity index (χ1) is 10.8. The average molecular weight is 427 g/mol. The quantitative estimate of drug-likeness (QED) is 0.442. The van der Waals surface area contributed by atoms with Crippen molar-refractivity contribution in [1.29, 1.82) is 0 Å². The van der Waals surface area contributed by atoms with Crippen LogP contribution >= 0.6 is 24.0 Å².